The number of hydrogen-bond donors (Lipinski definition) is 1. The van der Waals surface area contributed by atoms with Crippen molar-refractivity contribution < 1.29 is 0 Å². The van der Waals surface area contributed by atoms with Gasteiger partial charge in [-0.25, -0.2) is 9.97 Å². The summed E-state index contributed by atoms with van der Waals surface area (Å²) in [7, 11) is 0. The first-order valence-corrected chi connectivity index (χ1v) is 5.68. The van der Waals surface area contributed by atoms with Crippen molar-refractivity contribution in [2.24, 2.45) is 0 Å². The van der Waals surface area contributed by atoms with E-state index in [2.05, 4.69) is 31.0 Å². The van der Waals surface area contributed by atoms with Crippen LogP contribution in [0.2, 0.25) is 0 Å². The maximum absolute atomic E-state index is 11.9. The quantitative estimate of drug-likeness (QED) is 0.914. The third-order valence-electron chi connectivity index (χ3n) is 2.19. The van der Waals surface area contributed by atoms with Gasteiger partial charge in [-0.3, -0.25) is 9.89 Å². The molecule has 0 saturated heterocycles. The SMILES string of the molecule is CC(C)c1[nH]n(-c2ncccn2)c(=O)c1Br. The van der Waals surface area contributed by atoms with E-state index in [0.717, 1.165) is 5.69 Å². The average Bonchev–Trinajstić information content (AvgIpc) is 2.58. The first kappa shape index (κ1) is 11.1. The standard InChI is InChI=1S/C10H11BrN4O/c1-6(2)8-7(11)9(16)15(14-8)10-12-4-3-5-13-10/h3-6,14H,1-2H3. The zero-order valence-corrected chi connectivity index (χ0v) is 10.5. The molecular formula is C10H11BrN4O. The molecule has 2 rings (SSSR count). The minimum atomic E-state index is -0.171. The van der Waals surface area contributed by atoms with Crippen LogP contribution in [0.25, 0.3) is 5.95 Å². The summed E-state index contributed by atoms with van der Waals surface area (Å²) in [6.45, 7) is 4.01. The molecule has 84 valence electrons. The summed E-state index contributed by atoms with van der Waals surface area (Å²) in [6, 6.07) is 1.70. The van der Waals surface area contributed by atoms with Gasteiger partial charge in [-0.1, -0.05) is 13.8 Å². The molecule has 6 heteroatoms. The highest BCUT2D eigenvalue weighted by molar-refractivity contribution is 9.10. The van der Waals surface area contributed by atoms with Gasteiger partial charge in [0.1, 0.15) is 4.47 Å². The maximum Gasteiger partial charge on any atom is 0.288 e. The van der Waals surface area contributed by atoms with Crippen molar-refractivity contribution in [2.75, 3.05) is 0 Å². The van der Waals surface area contributed by atoms with Crippen molar-refractivity contribution in [3.63, 3.8) is 0 Å². The fourth-order valence-electron chi connectivity index (χ4n) is 1.36. The second kappa shape index (κ2) is 4.21. The van der Waals surface area contributed by atoms with Gasteiger partial charge in [0.2, 0.25) is 0 Å². The van der Waals surface area contributed by atoms with Crippen LogP contribution in [-0.4, -0.2) is 19.7 Å². The van der Waals surface area contributed by atoms with E-state index < -0.39 is 0 Å². The number of rotatable bonds is 2. The normalized spacial score (nSPS) is 11.0. The summed E-state index contributed by atoms with van der Waals surface area (Å²) >= 11 is 3.28. The third kappa shape index (κ3) is 1.80. The molecule has 16 heavy (non-hydrogen) atoms. The van der Waals surface area contributed by atoms with Gasteiger partial charge >= 0.3 is 0 Å². The van der Waals surface area contributed by atoms with Crippen LogP contribution in [0.15, 0.2) is 27.7 Å². The summed E-state index contributed by atoms with van der Waals surface area (Å²) in [5.41, 5.74) is 0.673. The number of halogens is 1. The summed E-state index contributed by atoms with van der Waals surface area (Å²) in [4.78, 5) is 19.9. The molecule has 2 aromatic heterocycles. The first-order valence-electron chi connectivity index (χ1n) is 4.89. The van der Waals surface area contributed by atoms with Crippen molar-refractivity contribution in [2.45, 2.75) is 19.8 Å². The van der Waals surface area contributed by atoms with E-state index in [9.17, 15) is 4.79 Å². The average molecular weight is 283 g/mol. The Kier molecular flexibility index (Phi) is 2.91. The van der Waals surface area contributed by atoms with Crippen molar-refractivity contribution in [3.05, 3.63) is 39.0 Å². The zero-order valence-electron chi connectivity index (χ0n) is 8.94. The Balaban J connectivity index is 2.60. The minimum absolute atomic E-state index is 0.171. The Bertz CT molecular complexity index is 544. The molecule has 0 spiro atoms. The van der Waals surface area contributed by atoms with Gasteiger partial charge in [-0.2, -0.15) is 4.68 Å². The highest BCUT2D eigenvalue weighted by Gasteiger charge is 2.15. The first-order chi connectivity index (χ1) is 7.61. The van der Waals surface area contributed by atoms with Gasteiger partial charge in [0.15, 0.2) is 0 Å². The minimum Gasteiger partial charge on any atom is -0.291 e. The van der Waals surface area contributed by atoms with Gasteiger partial charge < -0.3 is 0 Å². The molecule has 0 aliphatic carbocycles. The van der Waals surface area contributed by atoms with E-state index in [1.807, 2.05) is 13.8 Å². The lowest BCUT2D eigenvalue weighted by Crippen LogP contribution is -2.17. The van der Waals surface area contributed by atoms with E-state index in [1.165, 1.54) is 4.68 Å². The lowest BCUT2D eigenvalue weighted by atomic mass is 10.1. The third-order valence-corrected chi connectivity index (χ3v) is 2.96. The van der Waals surface area contributed by atoms with Gasteiger partial charge in [0.05, 0.1) is 5.69 Å². The molecule has 5 nitrogen and oxygen atoms in total. The van der Waals surface area contributed by atoms with E-state index in [1.54, 1.807) is 18.5 Å². The Labute approximate surface area is 101 Å². The number of nitrogens with zero attached hydrogens (tertiary/aromatic N) is 3. The van der Waals surface area contributed by atoms with Gasteiger partial charge in [0, 0.05) is 12.4 Å². The molecule has 2 heterocycles. The number of hydrogen-bond acceptors (Lipinski definition) is 3. The summed E-state index contributed by atoms with van der Waals surface area (Å²) in [5, 5.41) is 3.00. The summed E-state index contributed by atoms with van der Waals surface area (Å²) in [5.74, 6) is 0.576. The van der Waals surface area contributed by atoms with Gasteiger partial charge in [-0.15, -0.1) is 0 Å². The molecule has 0 aromatic carbocycles. The second-order valence-electron chi connectivity index (χ2n) is 3.68. The number of H-pyrrole nitrogens is 1. The molecule has 0 saturated carbocycles. The van der Waals surface area contributed by atoms with Crippen LogP contribution >= 0.6 is 15.9 Å². The zero-order chi connectivity index (χ0) is 11.7. The molecule has 0 radical (unpaired) electrons. The molecule has 1 N–H and O–H groups in total. The van der Waals surface area contributed by atoms with E-state index in [-0.39, 0.29) is 11.5 Å². The van der Waals surface area contributed by atoms with Crippen LogP contribution in [0.1, 0.15) is 25.5 Å². The molecule has 0 bridgehead atoms. The second-order valence-corrected chi connectivity index (χ2v) is 4.48. The Morgan fingerprint density at radius 3 is 2.50 bits per heavy atom. The van der Waals surface area contributed by atoms with Crippen molar-refractivity contribution >= 4 is 15.9 Å². The van der Waals surface area contributed by atoms with Crippen LogP contribution in [0.4, 0.5) is 0 Å². The largest absolute Gasteiger partial charge is 0.291 e. The Morgan fingerprint density at radius 1 is 1.38 bits per heavy atom. The van der Waals surface area contributed by atoms with Crippen LogP contribution < -0.4 is 5.56 Å². The molecule has 0 atom stereocenters. The predicted octanol–water partition coefficient (Wildman–Crippen LogP) is 1.84. The summed E-state index contributed by atoms with van der Waals surface area (Å²) in [6.07, 6.45) is 3.19. The molecular weight excluding hydrogens is 272 g/mol. The smallest absolute Gasteiger partial charge is 0.288 e. The highest BCUT2D eigenvalue weighted by Crippen LogP contribution is 2.19. The highest BCUT2D eigenvalue weighted by atomic mass is 79.9. The topological polar surface area (TPSA) is 63.6 Å². The maximum atomic E-state index is 11.9. The molecule has 0 aliphatic heterocycles. The molecule has 2 aromatic rings. The van der Waals surface area contributed by atoms with Crippen LogP contribution in [0.3, 0.4) is 0 Å². The monoisotopic (exact) mass is 282 g/mol. The lowest BCUT2D eigenvalue weighted by Gasteiger charge is -2.01. The van der Waals surface area contributed by atoms with Crippen LogP contribution in [0.5, 0.6) is 0 Å². The molecule has 0 aliphatic rings. The number of nitrogens with one attached hydrogen (secondary N) is 1. The van der Waals surface area contributed by atoms with E-state index >= 15 is 0 Å². The van der Waals surface area contributed by atoms with Crippen molar-refractivity contribution in [3.8, 4) is 5.95 Å². The lowest BCUT2D eigenvalue weighted by molar-refractivity contribution is 0.731. The van der Waals surface area contributed by atoms with E-state index in [0.29, 0.717) is 10.4 Å². The molecule has 0 unspecified atom stereocenters. The fourth-order valence-corrected chi connectivity index (χ4v) is 2.09. The summed E-state index contributed by atoms with van der Waals surface area (Å²) < 4.78 is 1.87. The van der Waals surface area contributed by atoms with Crippen LogP contribution in [-0.2, 0) is 0 Å². The van der Waals surface area contributed by atoms with Crippen LogP contribution in [0, 0.1) is 0 Å². The Morgan fingerprint density at radius 2 is 2.00 bits per heavy atom. The van der Waals surface area contributed by atoms with E-state index in [4.69, 9.17) is 0 Å². The molecule has 0 fully saturated rings. The van der Waals surface area contributed by atoms with Gasteiger partial charge in [-0.05, 0) is 27.9 Å². The molecule has 0 amide bonds. The number of aromatic nitrogens is 4. The predicted molar refractivity (Wildman–Crippen MR) is 63.8 cm³/mol. The van der Waals surface area contributed by atoms with Crippen molar-refractivity contribution in [1.29, 1.82) is 0 Å². The van der Waals surface area contributed by atoms with Gasteiger partial charge in [0.25, 0.3) is 11.5 Å². The Hall–Kier alpha value is -1.43. The number of aromatic amines is 1. The van der Waals surface area contributed by atoms with Crippen molar-refractivity contribution in [1.82, 2.24) is 19.7 Å². The fraction of sp³-hybridized carbons (Fsp3) is 0.300.